The molecular formula is C106H86Cl4N22O10S. The predicted molar refractivity (Wildman–Crippen MR) is 552 cm³/mol. The van der Waals surface area contributed by atoms with E-state index in [4.69, 9.17) is 58.1 Å². The van der Waals surface area contributed by atoms with Gasteiger partial charge in [-0.1, -0.05) is 186 Å². The monoisotopic (exact) mass is 2000 g/mol. The van der Waals surface area contributed by atoms with Gasteiger partial charge in [-0.15, -0.1) is 4.98 Å². The van der Waals surface area contributed by atoms with E-state index in [9.17, 15) is 46.8 Å². The number of carbonyl (C=O) groups excluding carboxylic acids is 4. The molecule has 0 spiro atoms. The quantitative estimate of drug-likeness (QED) is 0.0386. The van der Waals surface area contributed by atoms with Gasteiger partial charge in [-0.2, -0.15) is 10.2 Å². The van der Waals surface area contributed by atoms with E-state index < -0.39 is 57.8 Å². The zero-order valence-electron chi connectivity index (χ0n) is 77.8. The lowest BCUT2D eigenvalue weighted by atomic mass is 10.1. The lowest BCUT2D eigenvalue weighted by Gasteiger charge is -2.21. The Morgan fingerprint density at radius 1 is 0.378 bits per heavy atom. The number of amides is 4. The van der Waals surface area contributed by atoms with E-state index >= 15 is 0 Å². The van der Waals surface area contributed by atoms with Crippen LogP contribution in [0.15, 0.2) is 316 Å². The number of para-hydroxylation sites is 4. The first-order chi connectivity index (χ1) is 68.7. The van der Waals surface area contributed by atoms with Gasteiger partial charge in [0, 0.05) is 81.7 Å². The molecule has 0 radical (unpaired) electrons. The van der Waals surface area contributed by atoms with Crippen LogP contribution in [0.1, 0.15) is 139 Å². The Morgan fingerprint density at radius 2 is 0.678 bits per heavy atom. The number of nitrogens with one attached hydrogen (secondary N) is 5. The summed E-state index contributed by atoms with van der Waals surface area (Å²) in [6.07, 6.45) is 12.8. The number of aromatic nitrogens is 16. The van der Waals surface area contributed by atoms with Crippen LogP contribution in [0.5, 0.6) is 0 Å². The maximum Gasteiger partial charge on any atom is 0.296 e. The number of sulfonamides is 1. The zero-order chi connectivity index (χ0) is 101. The average molecular weight is 2000 g/mol. The molecule has 9 aromatic carbocycles. The molecule has 0 saturated heterocycles. The molecule has 10 heterocycles. The van der Waals surface area contributed by atoms with Gasteiger partial charge < -0.3 is 26.1 Å². The number of nitrogens with two attached hydrogens (primary N) is 1. The molecule has 0 fully saturated rings. The van der Waals surface area contributed by atoms with E-state index in [1.807, 2.05) is 179 Å². The molecule has 0 saturated carbocycles. The molecule has 37 heteroatoms. The van der Waals surface area contributed by atoms with E-state index in [2.05, 4.69) is 81.3 Å². The molecule has 714 valence electrons. The molecule has 143 heavy (non-hydrogen) atoms. The first-order valence-electron chi connectivity index (χ1n) is 44.4. The van der Waals surface area contributed by atoms with Crippen molar-refractivity contribution in [3.8, 4) is 56.5 Å². The van der Waals surface area contributed by atoms with Crippen LogP contribution in [0.3, 0.4) is 0 Å². The largest absolute Gasteiger partial charge is 0.359 e. The average Bonchev–Trinajstić information content (AvgIpc) is 1.51. The first-order valence-corrected chi connectivity index (χ1v) is 47.4. The third-order valence-electron chi connectivity index (χ3n) is 23.4. The fourth-order valence-corrected chi connectivity index (χ4v) is 17.9. The number of hydrogen-bond acceptors (Lipinski definition) is 20. The van der Waals surface area contributed by atoms with E-state index in [1.54, 1.807) is 164 Å². The van der Waals surface area contributed by atoms with Crippen LogP contribution >= 0.6 is 46.4 Å². The predicted octanol–water partition coefficient (Wildman–Crippen LogP) is 18.6. The second-order valence-corrected chi connectivity index (χ2v) is 36.3. The summed E-state index contributed by atoms with van der Waals surface area (Å²) in [4.78, 5) is 145. The number of hydrogen-bond donors (Lipinski definition) is 6. The third-order valence-corrected chi connectivity index (χ3v) is 25.5. The van der Waals surface area contributed by atoms with Crippen molar-refractivity contribution in [3.63, 3.8) is 0 Å². The number of benzene rings is 9. The molecular weight excluding hydrogens is 1920 g/mol. The molecule has 4 atom stereocenters. The van der Waals surface area contributed by atoms with Gasteiger partial charge in [0.25, 0.3) is 51.7 Å². The lowest BCUT2D eigenvalue weighted by molar-refractivity contribution is 0.0924. The van der Waals surface area contributed by atoms with E-state index in [0.717, 1.165) is 11.1 Å². The van der Waals surface area contributed by atoms with Gasteiger partial charge in [0.15, 0.2) is 0 Å². The molecule has 0 aliphatic heterocycles. The number of H-pyrrole nitrogens is 1. The van der Waals surface area contributed by atoms with Crippen LogP contribution in [-0.2, 0) is 17.1 Å². The molecule has 19 rings (SSSR count). The number of fused-ring (bicyclic) bond motifs is 4. The molecule has 0 aliphatic rings. The van der Waals surface area contributed by atoms with Crippen molar-refractivity contribution in [2.24, 2.45) is 12.2 Å². The van der Waals surface area contributed by atoms with Crippen molar-refractivity contribution >= 4 is 129 Å². The second-order valence-electron chi connectivity index (χ2n) is 33.1. The summed E-state index contributed by atoms with van der Waals surface area (Å²) >= 11 is 25.5. The highest BCUT2D eigenvalue weighted by atomic mass is 35.5. The van der Waals surface area contributed by atoms with Gasteiger partial charge in [0.05, 0.1) is 148 Å². The molecule has 4 amide bonds. The maximum absolute atomic E-state index is 13.7. The minimum Gasteiger partial charge on any atom is -0.359 e. The van der Waals surface area contributed by atoms with Crippen molar-refractivity contribution in [2.45, 2.75) is 84.5 Å². The Hall–Kier alpha value is -17.0. The number of rotatable bonds is 20. The van der Waals surface area contributed by atoms with E-state index in [1.165, 1.54) is 35.2 Å². The second kappa shape index (κ2) is 42.8. The van der Waals surface area contributed by atoms with Crippen molar-refractivity contribution in [2.75, 3.05) is 0 Å². The Morgan fingerprint density at radius 3 is 0.972 bits per heavy atom. The summed E-state index contributed by atoms with van der Waals surface area (Å²) in [5.74, 6) is -1.75. The van der Waals surface area contributed by atoms with Gasteiger partial charge in [-0.25, -0.2) is 28.5 Å². The standard InChI is InChI=1S/C29H24ClN5O4S.C27H23ClN6O2.C26H21ClN6O2.C24H18ClN5O2/c1-17(25-15-20-9-7-13-23(30)26(20)29(37)35(25)21-10-4-3-5-11-21)33-28(36)27-18(2)32-16-24(34-27)19-8-6-12-22(14-19)40(31,38)39;1-16(31-26(35)25-17(2)29-14-22(32-25)19-13-30-33(3)15-19)23-12-18-8-7-11-21(28)24(18)27(36)34(23)20-9-5-4-6-10-20;1-15(31-25(34)24-16(2)28-14-21(32-24)18-12-29-30-13-18)22-11-17-7-6-10-20(27)23(17)26(35)33(22)19-8-4-3-5-9-19;1-14(28-23(31)22-15(2)27-13-20(26-3)29-22)19-12-16-8-7-11-18(25)21(16)24(32)30(19)17-9-5-4-6-10-17/h3-17H,1-2H3,(H,33,36)(H2,31,38,39);4-16H,1-3H3,(H,31,35);3-15H,1-2H3,(H,29,30)(H,31,34);4-14H,1-2H3,(H,28,31)/t17-;16-;15-;14-/m0000/s1. The van der Waals surface area contributed by atoms with Gasteiger partial charge >= 0.3 is 0 Å². The Kier molecular flexibility index (Phi) is 29.6. The first kappa shape index (κ1) is 99.0. The Bertz CT molecular complexity index is 8630. The van der Waals surface area contributed by atoms with Crippen LogP contribution in [0.25, 0.3) is 104 Å². The number of aryl methyl sites for hydroxylation is 5. The Labute approximate surface area is 836 Å². The van der Waals surface area contributed by atoms with Crippen molar-refractivity contribution in [1.29, 1.82) is 0 Å². The molecule has 32 nitrogen and oxygen atoms in total. The zero-order valence-corrected chi connectivity index (χ0v) is 81.6. The molecule has 0 bridgehead atoms. The molecule has 0 unspecified atom stereocenters. The number of pyridine rings is 4. The number of aromatic amines is 1. The van der Waals surface area contributed by atoms with Crippen LogP contribution in [0.2, 0.25) is 20.1 Å². The number of primary sulfonamides is 1. The summed E-state index contributed by atoms with van der Waals surface area (Å²) in [6.45, 7) is 21.1. The van der Waals surface area contributed by atoms with Crippen molar-refractivity contribution in [1.82, 2.24) is 99.4 Å². The van der Waals surface area contributed by atoms with Crippen molar-refractivity contribution in [3.05, 3.63) is 433 Å². The smallest absolute Gasteiger partial charge is 0.296 e. The van der Waals surface area contributed by atoms with Gasteiger partial charge in [0.2, 0.25) is 15.7 Å². The van der Waals surface area contributed by atoms with E-state index in [-0.39, 0.29) is 55.7 Å². The molecule has 10 aromatic heterocycles. The highest BCUT2D eigenvalue weighted by Gasteiger charge is 2.30. The maximum atomic E-state index is 13.7. The molecule has 19 aromatic rings. The van der Waals surface area contributed by atoms with Crippen LogP contribution in [0, 0.1) is 34.3 Å². The molecule has 7 N–H and O–H groups in total. The van der Waals surface area contributed by atoms with Gasteiger partial charge in [-0.05, 0) is 186 Å². The van der Waals surface area contributed by atoms with Crippen LogP contribution in [-0.4, -0.2) is 110 Å². The SMILES string of the molecule is Cc1ncc(-c2cccc(S(N)(=O)=O)c2)nc1C(=O)N[C@@H](C)c1cc2cccc(Cl)c2c(=O)n1-c1ccccc1.Cc1ncc(-c2cn[nH]c2)nc1C(=O)N[C@@H](C)c1cc2cccc(Cl)c2c(=O)n1-c1ccccc1.Cc1ncc(-c2cnn(C)c2)nc1C(=O)N[C@@H](C)c1cc2cccc(Cl)c2c(=O)n1-c1ccccc1.[C-]#[N+]c1cnc(C)c(C(=O)N[C@@H](C)c2cc3cccc(Cl)c3c(=O)n2-c2ccccc2)n1. The summed E-state index contributed by atoms with van der Waals surface area (Å²) in [7, 11) is -2.12. The number of carbonyl (C=O) groups is 4. The molecule has 0 aliphatic carbocycles. The minimum atomic E-state index is -3.93. The van der Waals surface area contributed by atoms with Gasteiger partial charge in [-0.3, -0.25) is 86.3 Å². The fraction of sp³-hybridized carbons (Fsp3) is 0.123. The number of nitrogens with zero attached hydrogens (tertiary/aromatic N) is 16. The lowest BCUT2D eigenvalue weighted by Crippen LogP contribution is -2.33. The third kappa shape index (κ3) is 21.4. The van der Waals surface area contributed by atoms with E-state index in [0.29, 0.717) is 154 Å². The summed E-state index contributed by atoms with van der Waals surface area (Å²) in [5.41, 5.74) is 9.51. The summed E-state index contributed by atoms with van der Waals surface area (Å²) < 4.78 is 31.5. The van der Waals surface area contributed by atoms with Crippen LogP contribution < -0.4 is 48.6 Å². The fourth-order valence-electron chi connectivity index (χ4n) is 16.3. The van der Waals surface area contributed by atoms with Gasteiger partial charge in [0.1, 0.15) is 17.1 Å². The highest BCUT2D eigenvalue weighted by Crippen LogP contribution is 2.34. The minimum absolute atomic E-state index is 0.0370. The number of halogens is 4. The van der Waals surface area contributed by atoms with Crippen LogP contribution in [0.4, 0.5) is 5.82 Å². The normalized spacial score (nSPS) is 12.0. The van der Waals surface area contributed by atoms with Crippen molar-refractivity contribution < 1.29 is 27.6 Å². The highest BCUT2D eigenvalue weighted by molar-refractivity contribution is 7.89. The topological polar surface area (TPSA) is 419 Å². The summed E-state index contributed by atoms with van der Waals surface area (Å²) in [6, 6.07) is 69.0. The summed E-state index contributed by atoms with van der Waals surface area (Å²) in [5, 5.41) is 33.7. The Balaban J connectivity index is 0.000000137.